The van der Waals surface area contributed by atoms with E-state index in [9.17, 15) is 13.6 Å². The van der Waals surface area contributed by atoms with E-state index in [0.717, 1.165) is 12.1 Å². The monoisotopic (exact) mass is 389 g/mol. The fraction of sp³-hybridized carbons (Fsp3) is 0.0526. The summed E-state index contributed by atoms with van der Waals surface area (Å²) in [6.45, 7) is 0. The number of para-hydroxylation sites is 1. The number of benzene rings is 2. The second-order valence-electron chi connectivity index (χ2n) is 5.46. The first-order chi connectivity index (χ1) is 13.0. The molecule has 1 aromatic heterocycles. The van der Waals surface area contributed by atoms with Gasteiger partial charge in [0.1, 0.15) is 28.8 Å². The number of nitrogens with one attached hydrogen (secondary N) is 2. The molecule has 0 aliphatic heterocycles. The van der Waals surface area contributed by atoms with E-state index in [2.05, 4.69) is 15.6 Å². The van der Waals surface area contributed by atoms with Crippen molar-refractivity contribution in [2.45, 2.75) is 0 Å². The van der Waals surface area contributed by atoms with Crippen molar-refractivity contribution in [2.75, 3.05) is 17.7 Å². The number of anilines is 3. The molecule has 0 saturated heterocycles. The second-order valence-corrected chi connectivity index (χ2v) is 5.86. The number of ether oxygens (including phenoxy) is 1. The molecule has 1 amide bonds. The van der Waals surface area contributed by atoms with Crippen molar-refractivity contribution in [2.24, 2.45) is 0 Å². The highest BCUT2D eigenvalue weighted by atomic mass is 35.5. The molecule has 3 aromatic rings. The van der Waals surface area contributed by atoms with Gasteiger partial charge in [-0.05, 0) is 42.5 Å². The number of carbonyl (C=O) groups is 1. The van der Waals surface area contributed by atoms with Crippen LogP contribution >= 0.6 is 11.6 Å². The lowest BCUT2D eigenvalue weighted by Crippen LogP contribution is -2.13. The lowest BCUT2D eigenvalue weighted by atomic mass is 10.2. The van der Waals surface area contributed by atoms with Crippen LogP contribution in [0, 0.1) is 11.6 Å². The van der Waals surface area contributed by atoms with Crippen LogP contribution in [0.1, 0.15) is 10.5 Å². The van der Waals surface area contributed by atoms with Gasteiger partial charge in [0, 0.05) is 5.69 Å². The molecule has 0 aliphatic rings. The van der Waals surface area contributed by atoms with Gasteiger partial charge in [0.05, 0.1) is 24.0 Å². The Hall–Kier alpha value is -3.19. The lowest BCUT2D eigenvalue weighted by molar-refractivity contribution is 0.102. The Kier molecular flexibility index (Phi) is 5.52. The van der Waals surface area contributed by atoms with E-state index in [4.69, 9.17) is 16.3 Å². The van der Waals surface area contributed by atoms with Crippen LogP contribution in [-0.2, 0) is 0 Å². The third-order valence-electron chi connectivity index (χ3n) is 3.64. The minimum absolute atomic E-state index is 0.126. The van der Waals surface area contributed by atoms with Gasteiger partial charge in [0.2, 0.25) is 0 Å². The summed E-state index contributed by atoms with van der Waals surface area (Å²) >= 11 is 6.02. The van der Waals surface area contributed by atoms with Crippen LogP contribution in [-0.4, -0.2) is 18.0 Å². The quantitative estimate of drug-likeness (QED) is 0.643. The van der Waals surface area contributed by atoms with Gasteiger partial charge in [-0.2, -0.15) is 0 Å². The molecule has 0 radical (unpaired) electrons. The molecule has 27 heavy (non-hydrogen) atoms. The molecule has 5 nitrogen and oxygen atoms in total. The number of rotatable bonds is 5. The van der Waals surface area contributed by atoms with E-state index < -0.39 is 17.5 Å². The second kappa shape index (κ2) is 8.01. The SMILES string of the molecule is COc1ccc(NC(=O)c2ccc(Nc3c(F)cccc3F)cn2)cc1Cl. The Morgan fingerprint density at radius 2 is 1.78 bits per heavy atom. The Bertz CT molecular complexity index is 961. The van der Waals surface area contributed by atoms with Crippen molar-refractivity contribution in [3.05, 3.63) is 77.1 Å². The average molecular weight is 390 g/mol. The highest BCUT2D eigenvalue weighted by Crippen LogP contribution is 2.27. The first-order valence-electron chi connectivity index (χ1n) is 7.80. The largest absolute Gasteiger partial charge is 0.495 e. The Balaban J connectivity index is 1.71. The van der Waals surface area contributed by atoms with Crippen molar-refractivity contribution in [1.29, 1.82) is 0 Å². The van der Waals surface area contributed by atoms with Gasteiger partial charge in [-0.25, -0.2) is 13.8 Å². The maximum absolute atomic E-state index is 13.7. The smallest absolute Gasteiger partial charge is 0.274 e. The summed E-state index contributed by atoms with van der Waals surface area (Å²) in [5.41, 5.74) is 0.650. The summed E-state index contributed by atoms with van der Waals surface area (Å²) in [5.74, 6) is -1.43. The summed E-state index contributed by atoms with van der Waals surface area (Å²) < 4.78 is 32.4. The zero-order valence-electron chi connectivity index (χ0n) is 14.1. The number of halogens is 3. The standard InChI is InChI=1S/C19H14ClF2N3O2/c1-27-17-8-6-11(9-13(17)20)25-19(26)16-7-5-12(10-23-16)24-18-14(21)3-2-4-15(18)22/h2-10,24H,1H3,(H,25,26). The molecule has 0 fully saturated rings. The lowest BCUT2D eigenvalue weighted by Gasteiger charge is -2.10. The summed E-state index contributed by atoms with van der Waals surface area (Å²) in [6, 6.07) is 11.3. The molecule has 0 spiro atoms. The topological polar surface area (TPSA) is 63.2 Å². The molecule has 1 heterocycles. The molecule has 138 valence electrons. The molecular weight excluding hydrogens is 376 g/mol. The zero-order chi connectivity index (χ0) is 19.4. The van der Waals surface area contributed by atoms with Crippen LogP contribution in [0.2, 0.25) is 5.02 Å². The molecule has 2 aromatic carbocycles. The van der Waals surface area contributed by atoms with Crippen molar-refractivity contribution < 1.29 is 18.3 Å². The molecule has 0 saturated carbocycles. The molecule has 0 unspecified atom stereocenters. The molecular formula is C19H14ClF2N3O2. The molecule has 3 rings (SSSR count). The highest BCUT2D eigenvalue weighted by Gasteiger charge is 2.11. The number of amides is 1. The summed E-state index contributed by atoms with van der Waals surface area (Å²) in [5, 5.41) is 5.61. The molecule has 0 aliphatic carbocycles. The number of pyridine rings is 1. The third kappa shape index (κ3) is 4.32. The Labute approximate surface area is 159 Å². The van der Waals surface area contributed by atoms with Crippen molar-refractivity contribution in [3.8, 4) is 5.75 Å². The minimum atomic E-state index is -0.729. The van der Waals surface area contributed by atoms with Crippen molar-refractivity contribution in [1.82, 2.24) is 4.98 Å². The predicted molar refractivity (Wildman–Crippen MR) is 99.8 cm³/mol. The van der Waals surface area contributed by atoms with Crippen molar-refractivity contribution in [3.63, 3.8) is 0 Å². The number of hydrogen-bond acceptors (Lipinski definition) is 4. The van der Waals surface area contributed by atoms with Crippen LogP contribution in [0.5, 0.6) is 5.75 Å². The van der Waals surface area contributed by atoms with E-state index >= 15 is 0 Å². The van der Waals surface area contributed by atoms with Gasteiger partial charge in [0.25, 0.3) is 5.91 Å². The predicted octanol–water partition coefficient (Wildman–Crippen LogP) is 5.02. The molecule has 0 bridgehead atoms. The van der Waals surface area contributed by atoms with Gasteiger partial charge < -0.3 is 15.4 Å². The number of carbonyl (C=O) groups excluding carboxylic acids is 1. The van der Waals surface area contributed by atoms with Crippen molar-refractivity contribution >= 4 is 34.6 Å². The maximum atomic E-state index is 13.7. The van der Waals surface area contributed by atoms with Crippen LogP contribution in [0.3, 0.4) is 0 Å². The Morgan fingerprint density at radius 1 is 1.07 bits per heavy atom. The summed E-state index contributed by atoms with van der Waals surface area (Å²) in [7, 11) is 1.49. The van der Waals surface area contributed by atoms with Gasteiger partial charge in [-0.3, -0.25) is 4.79 Å². The first kappa shape index (κ1) is 18.6. The van der Waals surface area contributed by atoms with E-state index in [0.29, 0.717) is 22.1 Å². The maximum Gasteiger partial charge on any atom is 0.274 e. The van der Waals surface area contributed by atoms with E-state index in [1.165, 1.54) is 31.5 Å². The molecule has 0 atom stereocenters. The first-order valence-corrected chi connectivity index (χ1v) is 8.17. The van der Waals surface area contributed by atoms with Crippen LogP contribution in [0.15, 0.2) is 54.7 Å². The van der Waals surface area contributed by atoms with Crippen LogP contribution in [0.25, 0.3) is 0 Å². The zero-order valence-corrected chi connectivity index (χ0v) is 14.8. The van der Waals surface area contributed by atoms with Gasteiger partial charge in [-0.1, -0.05) is 17.7 Å². The van der Waals surface area contributed by atoms with Gasteiger partial charge >= 0.3 is 0 Å². The molecule has 8 heteroatoms. The third-order valence-corrected chi connectivity index (χ3v) is 3.93. The number of nitrogens with zero attached hydrogens (tertiary/aromatic N) is 1. The minimum Gasteiger partial charge on any atom is -0.495 e. The fourth-order valence-corrected chi connectivity index (χ4v) is 2.56. The highest BCUT2D eigenvalue weighted by molar-refractivity contribution is 6.32. The Morgan fingerprint density at radius 3 is 2.37 bits per heavy atom. The normalized spacial score (nSPS) is 10.4. The van der Waals surface area contributed by atoms with E-state index in [1.54, 1.807) is 18.2 Å². The van der Waals surface area contributed by atoms with Crippen LogP contribution < -0.4 is 15.4 Å². The number of hydrogen-bond donors (Lipinski definition) is 2. The van der Waals surface area contributed by atoms with Gasteiger partial charge in [-0.15, -0.1) is 0 Å². The molecule has 2 N–H and O–H groups in total. The van der Waals surface area contributed by atoms with E-state index in [-0.39, 0.29) is 11.4 Å². The van der Waals surface area contributed by atoms with E-state index in [1.807, 2.05) is 0 Å². The summed E-state index contributed by atoms with van der Waals surface area (Å²) in [6.07, 6.45) is 1.31. The number of methoxy groups -OCH3 is 1. The van der Waals surface area contributed by atoms with Crippen LogP contribution in [0.4, 0.5) is 25.8 Å². The number of aromatic nitrogens is 1. The average Bonchev–Trinajstić information content (AvgIpc) is 2.65. The summed E-state index contributed by atoms with van der Waals surface area (Å²) in [4.78, 5) is 16.3. The fourth-order valence-electron chi connectivity index (χ4n) is 2.30. The van der Waals surface area contributed by atoms with Gasteiger partial charge in [0.15, 0.2) is 0 Å².